The van der Waals surface area contributed by atoms with Crippen LogP contribution in [0.5, 0.6) is 0 Å². The molecule has 0 fully saturated rings. The minimum atomic E-state index is 0.0783. The second-order valence-corrected chi connectivity index (χ2v) is 6.39. The molecule has 2 aromatic rings. The van der Waals surface area contributed by atoms with Crippen LogP contribution in [0.25, 0.3) is 5.13 Å². The summed E-state index contributed by atoms with van der Waals surface area (Å²) in [7, 11) is 1.86. The first-order valence-corrected chi connectivity index (χ1v) is 7.64. The predicted molar refractivity (Wildman–Crippen MR) is 82.7 cm³/mol. The Morgan fingerprint density at radius 3 is 2.70 bits per heavy atom. The molecule has 0 aliphatic rings. The van der Waals surface area contributed by atoms with E-state index in [0.717, 1.165) is 28.6 Å². The van der Waals surface area contributed by atoms with Gasteiger partial charge in [-0.1, -0.05) is 13.8 Å². The Labute approximate surface area is 124 Å². The van der Waals surface area contributed by atoms with Crippen molar-refractivity contribution in [2.24, 2.45) is 5.92 Å². The third-order valence-corrected chi connectivity index (χ3v) is 4.01. The molecule has 2 rings (SSSR count). The van der Waals surface area contributed by atoms with E-state index in [4.69, 9.17) is 0 Å². The van der Waals surface area contributed by atoms with Crippen LogP contribution in [0.2, 0.25) is 0 Å². The molecule has 108 valence electrons. The van der Waals surface area contributed by atoms with Crippen molar-refractivity contribution in [3.8, 4) is 5.13 Å². The van der Waals surface area contributed by atoms with Crippen molar-refractivity contribution in [3.05, 3.63) is 34.6 Å². The van der Waals surface area contributed by atoms with Crippen molar-refractivity contribution in [1.82, 2.24) is 14.5 Å². The standard InChI is InChI=1S/C15H21N3OS/c1-10(2)9-17(5)14(19)13-8-11(3)18(12(13)4)15-16-6-7-20-15/h6-8,10H,9H2,1-5H3. The predicted octanol–water partition coefficient (Wildman–Crippen LogP) is 3.28. The lowest BCUT2D eigenvalue weighted by Crippen LogP contribution is -2.30. The summed E-state index contributed by atoms with van der Waals surface area (Å²) in [5.74, 6) is 0.543. The highest BCUT2D eigenvalue weighted by molar-refractivity contribution is 7.12. The lowest BCUT2D eigenvalue weighted by atomic mass is 10.1. The lowest BCUT2D eigenvalue weighted by Gasteiger charge is -2.19. The fraction of sp³-hybridized carbons (Fsp3) is 0.467. The van der Waals surface area contributed by atoms with Crippen LogP contribution in [0.15, 0.2) is 17.6 Å². The van der Waals surface area contributed by atoms with E-state index >= 15 is 0 Å². The highest BCUT2D eigenvalue weighted by Gasteiger charge is 2.20. The van der Waals surface area contributed by atoms with Gasteiger partial charge in [0, 0.05) is 36.6 Å². The van der Waals surface area contributed by atoms with Crippen molar-refractivity contribution >= 4 is 17.2 Å². The minimum Gasteiger partial charge on any atom is -0.341 e. The van der Waals surface area contributed by atoms with Gasteiger partial charge < -0.3 is 4.90 Å². The van der Waals surface area contributed by atoms with Crippen molar-refractivity contribution in [2.75, 3.05) is 13.6 Å². The second-order valence-electron chi connectivity index (χ2n) is 5.51. The molecule has 0 unspecified atom stereocenters. The summed E-state index contributed by atoms with van der Waals surface area (Å²) in [5.41, 5.74) is 2.76. The Morgan fingerprint density at radius 1 is 1.45 bits per heavy atom. The van der Waals surface area contributed by atoms with E-state index in [2.05, 4.69) is 18.8 Å². The average molecular weight is 291 g/mol. The van der Waals surface area contributed by atoms with Crippen LogP contribution >= 0.6 is 11.3 Å². The topological polar surface area (TPSA) is 38.1 Å². The van der Waals surface area contributed by atoms with Crippen LogP contribution < -0.4 is 0 Å². The van der Waals surface area contributed by atoms with Crippen LogP contribution in [0.4, 0.5) is 0 Å². The van der Waals surface area contributed by atoms with Gasteiger partial charge >= 0.3 is 0 Å². The largest absolute Gasteiger partial charge is 0.341 e. The molecule has 0 radical (unpaired) electrons. The van der Waals surface area contributed by atoms with E-state index in [9.17, 15) is 4.79 Å². The molecule has 0 aromatic carbocycles. The van der Waals surface area contributed by atoms with Crippen molar-refractivity contribution in [1.29, 1.82) is 0 Å². The summed E-state index contributed by atoms with van der Waals surface area (Å²) < 4.78 is 2.04. The van der Waals surface area contributed by atoms with Crippen LogP contribution in [0.3, 0.4) is 0 Å². The first kappa shape index (κ1) is 14.8. The molecule has 5 heteroatoms. The molecule has 4 nitrogen and oxygen atoms in total. The highest BCUT2D eigenvalue weighted by Crippen LogP contribution is 2.23. The average Bonchev–Trinajstić information content (AvgIpc) is 2.96. The SMILES string of the molecule is Cc1cc(C(=O)N(C)CC(C)C)c(C)n1-c1nccs1. The third kappa shape index (κ3) is 2.77. The van der Waals surface area contributed by atoms with Crippen molar-refractivity contribution in [2.45, 2.75) is 27.7 Å². The molecule has 1 amide bonds. The van der Waals surface area contributed by atoms with Gasteiger partial charge in [-0.05, 0) is 25.8 Å². The Balaban J connectivity index is 2.35. The number of hydrogen-bond acceptors (Lipinski definition) is 3. The zero-order valence-electron chi connectivity index (χ0n) is 12.7. The van der Waals surface area contributed by atoms with E-state index in [0.29, 0.717) is 5.92 Å². The van der Waals surface area contributed by atoms with Gasteiger partial charge in [0.15, 0.2) is 5.13 Å². The Bertz CT molecular complexity index is 599. The molecule has 0 aliphatic carbocycles. The zero-order chi connectivity index (χ0) is 14.9. The quantitative estimate of drug-likeness (QED) is 0.867. The molecule has 0 saturated heterocycles. The van der Waals surface area contributed by atoms with Crippen molar-refractivity contribution in [3.63, 3.8) is 0 Å². The molecule has 20 heavy (non-hydrogen) atoms. The fourth-order valence-corrected chi connectivity index (χ4v) is 3.19. The lowest BCUT2D eigenvalue weighted by molar-refractivity contribution is 0.0778. The minimum absolute atomic E-state index is 0.0783. The number of rotatable bonds is 4. The molecule has 0 atom stereocenters. The normalized spacial score (nSPS) is 11.1. The van der Waals surface area contributed by atoms with Gasteiger partial charge in [-0.15, -0.1) is 11.3 Å². The van der Waals surface area contributed by atoms with Crippen LogP contribution in [0.1, 0.15) is 35.6 Å². The summed E-state index contributed by atoms with van der Waals surface area (Å²) in [4.78, 5) is 18.7. The number of amides is 1. The van der Waals surface area contributed by atoms with Gasteiger partial charge in [0.25, 0.3) is 5.91 Å². The summed E-state index contributed by atoms with van der Waals surface area (Å²) in [6.45, 7) is 8.98. The smallest absolute Gasteiger partial charge is 0.255 e. The van der Waals surface area contributed by atoms with Crippen LogP contribution in [-0.2, 0) is 0 Å². The van der Waals surface area contributed by atoms with E-state index in [-0.39, 0.29) is 5.91 Å². The maximum absolute atomic E-state index is 12.5. The zero-order valence-corrected chi connectivity index (χ0v) is 13.5. The van der Waals surface area contributed by atoms with Gasteiger partial charge in [-0.25, -0.2) is 4.98 Å². The van der Waals surface area contributed by atoms with Gasteiger partial charge in [-0.2, -0.15) is 0 Å². The molecule has 2 aromatic heterocycles. The van der Waals surface area contributed by atoms with E-state index < -0.39 is 0 Å². The van der Waals surface area contributed by atoms with Crippen LogP contribution in [0, 0.1) is 19.8 Å². The number of aromatic nitrogens is 2. The monoisotopic (exact) mass is 291 g/mol. The van der Waals surface area contributed by atoms with E-state index in [1.54, 1.807) is 22.4 Å². The Kier molecular flexibility index (Phi) is 4.28. The fourth-order valence-electron chi connectivity index (χ4n) is 2.44. The molecule has 2 heterocycles. The molecule has 0 aliphatic heterocycles. The molecule has 0 bridgehead atoms. The maximum atomic E-state index is 12.5. The number of aryl methyl sites for hydroxylation is 1. The third-order valence-electron chi connectivity index (χ3n) is 3.26. The Hall–Kier alpha value is -1.62. The highest BCUT2D eigenvalue weighted by atomic mass is 32.1. The van der Waals surface area contributed by atoms with Gasteiger partial charge in [0.2, 0.25) is 0 Å². The molecular formula is C15H21N3OS. The number of carbonyl (C=O) groups is 1. The van der Waals surface area contributed by atoms with Gasteiger partial charge in [0.1, 0.15) is 0 Å². The first-order valence-electron chi connectivity index (χ1n) is 6.76. The van der Waals surface area contributed by atoms with E-state index in [1.165, 1.54) is 0 Å². The van der Waals surface area contributed by atoms with E-state index in [1.807, 2.05) is 36.9 Å². The molecule has 0 saturated carbocycles. The van der Waals surface area contributed by atoms with Gasteiger partial charge in [-0.3, -0.25) is 9.36 Å². The van der Waals surface area contributed by atoms with Gasteiger partial charge in [0.05, 0.1) is 5.56 Å². The summed E-state index contributed by atoms with van der Waals surface area (Å²) in [6, 6.07) is 1.95. The second kappa shape index (κ2) is 5.79. The summed E-state index contributed by atoms with van der Waals surface area (Å²) in [6.07, 6.45) is 1.78. The number of thiazole rings is 1. The summed E-state index contributed by atoms with van der Waals surface area (Å²) in [5, 5.41) is 2.85. The summed E-state index contributed by atoms with van der Waals surface area (Å²) >= 11 is 1.58. The number of nitrogens with zero attached hydrogens (tertiary/aromatic N) is 3. The van der Waals surface area contributed by atoms with Crippen LogP contribution in [-0.4, -0.2) is 34.0 Å². The maximum Gasteiger partial charge on any atom is 0.255 e. The molecule has 0 spiro atoms. The number of carbonyl (C=O) groups excluding carboxylic acids is 1. The molecule has 0 N–H and O–H groups in total. The molecular weight excluding hydrogens is 270 g/mol. The van der Waals surface area contributed by atoms with Crippen molar-refractivity contribution < 1.29 is 4.79 Å². The Morgan fingerprint density at radius 2 is 2.15 bits per heavy atom. The number of hydrogen-bond donors (Lipinski definition) is 0. The first-order chi connectivity index (χ1) is 9.41.